The van der Waals surface area contributed by atoms with Crippen LogP contribution >= 0.6 is 11.8 Å². The first-order valence-corrected chi connectivity index (χ1v) is 9.06. The Morgan fingerprint density at radius 2 is 1.92 bits per heavy atom. The summed E-state index contributed by atoms with van der Waals surface area (Å²) in [6, 6.07) is 15.0. The molecular weight excluding hydrogens is 338 g/mol. The van der Waals surface area contributed by atoms with Crippen LogP contribution in [0.1, 0.15) is 12.5 Å². The van der Waals surface area contributed by atoms with Crippen LogP contribution in [-0.4, -0.2) is 30.8 Å². The number of hydrogen-bond acceptors (Lipinski definition) is 5. The quantitative estimate of drug-likeness (QED) is 0.743. The first kappa shape index (κ1) is 17.4. The van der Waals surface area contributed by atoms with Gasteiger partial charge in [-0.25, -0.2) is 0 Å². The summed E-state index contributed by atoms with van der Waals surface area (Å²) in [7, 11) is 0. The van der Waals surface area contributed by atoms with Gasteiger partial charge < -0.3 is 9.47 Å². The van der Waals surface area contributed by atoms with Crippen molar-refractivity contribution in [2.45, 2.75) is 18.4 Å². The Hall–Kier alpha value is -2.47. The summed E-state index contributed by atoms with van der Waals surface area (Å²) in [5, 5.41) is 0. The smallest absolute Gasteiger partial charge is 0.326 e. The molecule has 6 heteroatoms. The van der Waals surface area contributed by atoms with Crippen LogP contribution in [0.15, 0.2) is 53.4 Å². The Balaban J connectivity index is 1.65. The van der Waals surface area contributed by atoms with E-state index in [1.807, 2.05) is 55.5 Å². The average Bonchev–Trinajstić information content (AvgIpc) is 2.64. The van der Waals surface area contributed by atoms with Gasteiger partial charge in [-0.2, -0.15) is 0 Å². The number of esters is 1. The van der Waals surface area contributed by atoms with Crippen molar-refractivity contribution in [2.24, 2.45) is 0 Å². The number of carbonyl (C=O) groups excluding carboxylic acids is 2. The lowest BCUT2D eigenvalue weighted by atomic mass is 10.2. The molecule has 0 saturated carbocycles. The van der Waals surface area contributed by atoms with Gasteiger partial charge in [0.25, 0.3) is 0 Å². The van der Waals surface area contributed by atoms with Gasteiger partial charge in [0.1, 0.15) is 18.9 Å². The second-order valence-electron chi connectivity index (χ2n) is 5.44. The van der Waals surface area contributed by atoms with Crippen molar-refractivity contribution in [1.29, 1.82) is 0 Å². The number of para-hydroxylation sites is 2. The van der Waals surface area contributed by atoms with Gasteiger partial charge in [0.05, 0.1) is 18.0 Å². The summed E-state index contributed by atoms with van der Waals surface area (Å²) in [6.07, 6.45) is 0. The lowest BCUT2D eigenvalue weighted by Gasteiger charge is -2.28. The highest BCUT2D eigenvalue weighted by Crippen LogP contribution is 2.34. The SMILES string of the molecule is CCOc1ccccc1COC(=O)CN1C(=O)CSc2ccccc21. The van der Waals surface area contributed by atoms with Crippen molar-refractivity contribution in [3.05, 3.63) is 54.1 Å². The Morgan fingerprint density at radius 3 is 2.76 bits per heavy atom. The van der Waals surface area contributed by atoms with Crippen molar-refractivity contribution in [3.63, 3.8) is 0 Å². The molecule has 0 aliphatic carbocycles. The van der Waals surface area contributed by atoms with Gasteiger partial charge in [0, 0.05) is 10.5 Å². The molecule has 0 N–H and O–H groups in total. The minimum absolute atomic E-state index is 0.0876. The van der Waals surface area contributed by atoms with Crippen molar-refractivity contribution >= 4 is 29.3 Å². The molecule has 1 heterocycles. The summed E-state index contributed by atoms with van der Waals surface area (Å²) >= 11 is 1.49. The van der Waals surface area contributed by atoms with E-state index in [2.05, 4.69) is 0 Å². The second-order valence-corrected chi connectivity index (χ2v) is 6.45. The monoisotopic (exact) mass is 357 g/mol. The fraction of sp³-hybridized carbons (Fsp3) is 0.263. The number of benzene rings is 2. The normalized spacial score (nSPS) is 13.3. The Labute approximate surface area is 150 Å². The van der Waals surface area contributed by atoms with Gasteiger partial charge in [-0.3, -0.25) is 14.5 Å². The maximum atomic E-state index is 12.2. The summed E-state index contributed by atoms with van der Waals surface area (Å²) in [5.41, 5.74) is 1.56. The average molecular weight is 357 g/mol. The number of ether oxygens (including phenoxy) is 2. The largest absolute Gasteiger partial charge is 0.493 e. The zero-order valence-electron chi connectivity index (χ0n) is 13.9. The van der Waals surface area contributed by atoms with Crippen LogP contribution in [0.5, 0.6) is 5.75 Å². The first-order chi connectivity index (χ1) is 12.2. The van der Waals surface area contributed by atoms with E-state index >= 15 is 0 Å². The predicted octanol–water partition coefficient (Wildman–Crippen LogP) is 3.27. The van der Waals surface area contributed by atoms with Crippen LogP contribution in [0.25, 0.3) is 0 Å². The molecule has 0 fully saturated rings. The number of fused-ring (bicyclic) bond motifs is 1. The summed E-state index contributed by atoms with van der Waals surface area (Å²) in [5.74, 6) is 0.502. The molecule has 0 aromatic heterocycles. The molecule has 25 heavy (non-hydrogen) atoms. The molecule has 0 spiro atoms. The maximum Gasteiger partial charge on any atom is 0.326 e. The first-order valence-electron chi connectivity index (χ1n) is 8.07. The van der Waals surface area contributed by atoms with E-state index in [-0.39, 0.29) is 19.1 Å². The molecule has 1 aliphatic rings. The van der Waals surface area contributed by atoms with E-state index in [4.69, 9.17) is 9.47 Å². The molecule has 130 valence electrons. The molecule has 0 bridgehead atoms. The van der Waals surface area contributed by atoms with Crippen LogP contribution in [0, 0.1) is 0 Å². The van der Waals surface area contributed by atoms with Gasteiger partial charge in [-0.15, -0.1) is 11.8 Å². The van der Waals surface area contributed by atoms with Gasteiger partial charge >= 0.3 is 5.97 Å². The lowest BCUT2D eigenvalue weighted by Crippen LogP contribution is -2.39. The molecule has 5 nitrogen and oxygen atoms in total. The maximum absolute atomic E-state index is 12.2. The molecule has 0 radical (unpaired) electrons. The number of rotatable bonds is 6. The van der Waals surface area contributed by atoms with Crippen molar-refractivity contribution in [3.8, 4) is 5.75 Å². The number of hydrogen-bond donors (Lipinski definition) is 0. The number of carbonyl (C=O) groups is 2. The van der Waals surface area contributed by atoms with Crippen LogP contribution in [0.4, 0.5) is 5.69 Å². The van der Waals surface area contributed by atoms with E-state index < -0.39 is 5.97 Å². The molecule has 1 amide bonds. The van der Waals surface area contributed by atoms with Crippen LogP contribution in [-0.2, 0) is 20.9 Å². The number of thioether (sulfide) groups is 1. The topological polar surface area (TPSA) is 55.8 Å². The number of amides is 1. The van der Waals surface area contributed by atoms with Gasteiger partial charge in [-0.05, 0) is 25.1 Å². The molecule has 2 aromatic carbocycles. The fourth-order valence-corrected chi connectivity index (χ4v) is 3.52. The lowest BCUT2D eigenvalue weighted by molar-refractivity contribution is -0.144. The van der Waals surface area contributed by atoms with Gasteiger partial charge in [0.2, 0.25) is 5.91 Å². The second kappa shape index (κ2) is 8.07. The van der Waals surface area contributed by atoms with Crippen molar-refractivity contribution in [2.75, 3.05) is 23.8 Å². The Morgan fingerprint density at radius 1 is 1.16 bits per heavy atom. The van der Waals surface area contributed by atoms with Crippen molar-refractivity contribution < 1.29 is 19.1 Å². The highest BCUT2D eigenvalue weighted by atomic mass is 32.2. The Kier molecular flexibility index (Phi) is 5.60. The number of nitrogens with zero attached hydrogens (tertiary/aromatic N) is 1. The minimum Gasteiger partial charge on any atom is -0.493 e. The van der Waals surface area contributed by atoms with Gasteiger partial charge in [-0.1, -0.05) is 30.3 Å². The van der Waals surface area contributed by atoms with Crippen molar-refractivity contribution in [1.82, 2.24) is 0 Å². The molecule has 3 rings (SSSR count). The zero-order chi connectivity index (χ0) is 17.6. The van der Waals surface area contributed by atoms with Gasteiger partial charge in [0.15, 0.2) is 0 Å². The predicted molar refractivity (Wildman–Crippen MR) is 96.9 cm³/mol. The highest BCUT2D eigenvalue weighted by molar-refractivity contribution is 8.00. The zero-order valence-corrected chi connectivity index (χ0v) is 14.8. The van der Waals surface area contributed by atoms with E-state index in [1.54, 1.807) is 0 Å². The van der Waals surface area contributed by atoms with E-state index in [9.17, 15) is 9.59 Å². The third-order valence-electron chi connectivity index (χ3n) is 3.76. The molecule has 2 aromatic rings. The van der Waals surface area contributed by atoms with Crippen LogP contribution in [0.3, 0.4) is 0 Å². The summed E-state index contributed by atoms with van der Waals surface area (Å²) in [6.45, 7) is 2.47. The minimum atomic E-state index is -0.443. The van der Waals surface area contributed by atoms with E-state index in [1.165, 1.54) is 16.7 Å². The molecular formula is C19H19NO4S. The highest BCUT2D eigenvalue weighted by Gasteiger charge is 2.26. The number of anilines is 1. The van der Waals surface area contributed by atoms with E-state index in [0.717, 1.165) is 16.1 Å². The molecule has 0 atom stereocenters. The fourth-order valence-electron chi connectivity index (χ4n) is 2.58. The molecule has 1 aliphatic heterocycles. The third-order valence-corrected chi connectivity index (χ3v) is 4.80. The standard InChI is InChI=1S/C19H19NO4S/c1-2-23-16-9-5-3-7-14(16)12-24-19(22)11-20-15-8-4-6-10-17(15)25-13-18(20)21/h3-10H,2,11-13H2,1H3. The third kappa shape index (κ3) is 4.14. The van der Waals surface area contributed by atoms with E-state index in [0.29, 0.717) is 18.1 Å². The molecule has 0 saturated heterocycles. The summed E-state index contributed by atoms with van der Waals surface area (Å²) < 4.78 is 10.9. The van der Waals surface area contributed by atoms with Crippen LogP contribution < -0.4 is 9.64 Å². The Bertz CT molecular complexity index is 778. The van der Waals surface area contributed by atoms with Crippen LogP contribution in [0.2, 0.25) is 0 Å². The summed E-state index contributed by atoms with van der Waals surface area (Å²) in [4.78, 5) is 26.9. The molecule has 0 unspecified atom stereocenters.